The molecule has 0 spiro atoms. The van der Waals surface area contributed by atoms with Crippen molar-refractivity contribution in [1.29, 1.82) is 0 Å². The zero-order chi connectivity index (χ0) is 12.1. The molecule has 3 nitrogen and oxygen atoms in total. The zero-order valence-electron chi connectivity index (χ0n) is 9.30. The first kappa shape index (κ1) is 13.0. The molecular weight excluding hydrogens is 273 g/mol. The smallest absolute Gasteiger partial charge is 0.193 e. The summed E-state index contributed by atoms with van der Waals surface area (Å²) >= 11 is 3.24. The third kappa shape index (κ3) is 4.18. The molecule has 0 aliphatic heterocycles. The summed E-state index contributed by atoms with van der Waals surface area (Å²) in [6.45, 7) is 4.78. The van der Waals surface area contributed by atoms with E-state index in [9.17, 15) is 4.39 Å². The fourth-order valence-electron chi connectivity index (χ4n) is 1.05. The molecule has 1 aromatic rings. The maximum atomic E-state index is 12.8. The summed E-state index contributed by atoms with van der Waals surface area (Å²) in [5.74, 6) is 0.494. The first-order valence-electron chi connectivity index (χ1n) is 5.01. The fourth-order valence-corrected chi connectivity index (χ4v) is 1.50. The number of nitrogens with one attached hydrogen (secondary N) is 1. The minimum atomic E-state index is -0.296. The highest BCUT2D eigenvalue weighted by molar-refractivity contribution is 9.10. The van der Waals surface area contributed by atoms with Crippen molar-refractivity contribution in [2.45, 2.75) is 13.8 Å². The number of rotatable bonds is 3. The second kappa shape index (κ2) is 5.84. The van der Waals surface area contributed by atoms with Gasteiger partial charge in [-0.05, 0) is 40.0 Å². The molecule has 0 aliphatic carbocycles. The number of hydrogen-bond donors (Lipinski definition) is 2. The number of halogens is 2. The Morgan fingerprint density at radius 2 is 2.25 bits per heavy atom. The van der Waals surface area contributed by atoms with Gasteiger partial charge in [0.25, 0.3) is 0 Å². The number of benzene rings is 1. The van der Waals surface area contributed by atoms with E-state index < -0.39 is 0 Å². The molecule has 0 amide bonds. The maximum Gasteiger partial charge on any atom is 0.193 e. The average Bonchev–Trinajstić information content (AvgIpc) is 2.19. The SMILES string of the molecule is CC(C)CN=C(N)Nc1ccc(F)cc1Br. The van der Waals surface area contributed by atoms with Crippen LogP contribution in [0.15, 0.2) is 27.7 Å². The van der Waals surface area contributed by atoms with Gasteiger partial charge in [0, 0.05) is 11.0 Å². The number of nitrogens with two attached hydrogens (primary N) is 1. The van der Waals surface area contributed by atoms with Crippen molar-refractivity contribution < 1.29 is 4.39 Å². The van der Waals surface area contributed by atoms with Gasteiger partial charge in [-0.15, -0.1) is 0 Å². The largest absolute Gasteiger partial charge is 0.370 e. The molecule has 0 atom stereocenters. The molecular formula is C11H15BrFN3. The molecule has 0 bridgehead atoms. The van der Waals surface area contributed by atoms with Crippen molar-refractivity contribution in [3.63, 3.8) is 0 Å². The van der Waals surface area contributed by atoms with Crippen molar-refractivity contribution in [3.05, 3.63) is 28.5 Å². The Labute approximate surface area is 103 Å². The first-order valence-corrected chi connectivity index (χ1v) is 5.80. The predicted octanol–water partition coefficient (Wildman–Crippen LogP) is 2.97. The topological polar surface area (TPSA) is 50.4 Å². The van der Waals surface area contributed by atoms with Gasteiger partial charge >= 0.3 is 0 Å². The standard InChI is InChI=1S/C11H15BrFN3/c1-7(2)6-15-11(14)16-10-4-3-8(13)5-9(10)12/h3-5,7H,6H2,1-2H3,(H3,14,15,16). The number of nitrogens with zero attached hydrogens (tertiary/aromatic N) is 1. The number of anilines is 1. The van der Waals surface area contributed by atoms with Crippen LogP contribution >= 0.6 is 15.9 Å². The van der Waals surface area contributed by atoms with Crippen LogP contribution in [0.2, 0.25) is 0 Å². The first-order chi connectivity index (χ1) is 7.49. The summed E-state index contributed by atoms with van der Waals surface area (Å²) in [4.78, 5) is 4.15. The van der Waals surface area contributed by atoms with E-state index in [2.05, 4.69) is 40.1 Å². The Kier molecular flexibility index (Phi) is 4.73. The minimum absolute atomic E-state index is 0.296. The summed E-state index contributed by atoms with van der Waals surface area (Å²) in [6, 6.07) is 4.35. The highest BCUT2D eigenvalue weighted by atomic mass is 79.9. The molecule has 0 aliphatic rings. The van der Waals surface area contributed by atoms with Gasteiger partial charge in [-0.1, -0.05) is 13.8 Å². The van der Waals surface area contributed by atoms with Crippen molar-refractivity contribution in [1.82, 2.24) is 0 Å². The maximum absolute atomic E-state index is 12.8. The van der Waals surface area contributed by atoms with Crippen molar-refractivity contribution >= 4 is 27.6 Å². The van der Waals surface area contributed by atoms with Gasteiger partial charge in [0.2, 0.25) is 0 Å². The predicted molar refractivity (Wildman–Crippen MR) is 69.1 cm³/mol. The van der Waals surface area contributed by atoms with E-state index in [1.54, 1.807) is 6.07 Å². The lowest BCUT2D eigenvalue weighted by molar-refractivity contribution is 0.627. The van der Waals surface area contributed by atoms with Crippen LogP contribution in [0.4, 0.5) is 10.1 Å². The van der Waals surface area contributed by atoms with Gasteiger partial charge in [0.1, 0.15) is 5.82 Å². The van der Waals surface area contributed by atoms with Crippen LogP contribution < -0.4 is 11.1 Å². The molecule has 0 heterocycles. The molecule has 0 unspecified atom stereocenters. The van der Waals surface area contributed by atoms with Gasteiger partial charge < -0.3 is 11.1 Å². The van der Waals surface area contributed by atoms with Gasteiger partial charge in [0.05, 0.1) is 5.69 Å². The number of hydrogen-bond acceptors (Lipinski definition) is 1. The summed E-state index contributed by atoms with van der Waals surface area (Å²) in [7, 11) is 0. The summed E-state index contributed by atoms with van der Waals surface area (Å²) < 4.78 is 13.4. The third-order valence-electron chi connectivity index (χ3n) is 1.82. The Balaban J connectivity index is 2.69. The van der Waals surface area contributed by atoms with E-state index >= 15 is 0 Å². The summed E-state index contributed by atoms with van der Waals surface area (Å²) in [6.07, 6.45) is 0. The second-order valence-electron chi connectivity index (χ2n) is 3.87. The Morgan fingerprint density at radius 1 is 1.56 bits per heavy atom. The molecule has 0 radical (unpaired) electrons. The molecule has 88 valence electrons. The van der Waals surface area contributed by atoms with Crippen LogP contribution in [0.1, 0.15) is 13.8 Å². The van der Waals surface area contributed by atoms with E-state index in [1.807, 2.05) is 0 Å². The van der Waals surface area contributed by atoms with Crippen molar-refractivity contribution in [3.8, 4) is 0 Å². The van der Waals surface area contributed by atoms with Crippen LogP contribution in [0.5, 0.6) is 0 Å². The minimum Gasteiger partial charge on any atom is -0.370 e. The lowest BCUT2D eigenvalue weighted by Gasteiger charge is -2.08. The van der Waals surface area contributed by atoms with Gasteiger partial charge in [-0.3, -0.25) is 4.99 Å². The summed E-state index contributed by atoms with van der Waals surface area (Å²) in [5, 5.41) is 2.91. The molecule has 1 aromatic carbocycles. The van der Waals surface area contributed by atoms with Gasteiger partial charge in [0.15, 0.2) is 5.96 Å². The second-order valence-corrected chi connectivity index (χ2v) is 4.72. The molecule has 3 N–H and O–H groups in total. The van der Waals surface area contributed by atoms with E-state index in [1.165, 1.54) is 12.1 Å². The van der Waals surface area contributed by atoms with Crippen LogP contribution in [-0.2, 0) is 0 Å². The average molecular weight is 288 g/mol. The van der Waals surface area contributed by atoms with Crippen LogP contribution in [0.25, 0.3) is 0 Å². The quantitative estimate of drug-likeness (QED) is 0.663. The fraction of sp³-hybridized carbons (Fsp3) is 0.364. The van der Waals surface area contributed by atoms with E-state index in [0.717, 1.165) is 0 Å². The van der Waals surface area contributed by atoms with E-state index in [4.69, 9.17) is 5.73 Å². The van der Waals surface area contributed by atoms with Crippen molar-refractivity contribution in [2.75, 3.05) is 11.9 Å². The molecule has 0 saturated carbocycles. The molecule has 0 fully saturated rings. The number of aliphatic imine (C=N–C) groups is 1. The monoisotopic (exact) mass is 287 g/mol. The Morgan fingerprint density at radius 3 is 2.81 bits per heavy atom. The lowest BCUT2D eigenvalue weighted by Crippen LogP contribution is -2.23. The van der Waals surface area contributed by atoms with Crippen LogP contribution in [0.3, 0.4) is 0 Å². The molecule has 0 saturated heterocycles. The number of guanidine groups is 1. The highest BCUT2D eigenvalue weighted by Crippen LogP contribution is 2.22. The van der Waals surface area contributed by atoms with E-state index in [-0.39, 0.29) is 5.82 Å². The Bertz CT molecular complexity index is 391. The summed E-state index contributed by atoms with van der Waals surface area (Å²) in [5.41, 5.74) is 6.39. The van der Waals surface area contributed by atoms with Gasteiger partial charge in [-0.25, -0.2) is 4.39 Å². The van der Waals surface area contributed by atoms with Gasteiger partial charge in [-0.2, -0.15) is 0 Å². The lowest BCUT2D eigenvalue weighted by atomic mass is 10.2. The molecule has 1 rings (SSSR count). The van der Waals surface area contributed by atoms with Crippen molar-refractivity contribution in [2.24, 2.45) is 16.6 Å². The highest BCUT2D eigenvalue weighted by Gasteiger charge is 2.02. The van der Waals surface area contributed by atoms with Crippen LogP contribution in [-0.4, -0.2) is 12.5 Å². The molecule has 0 aromatic heterocycles. The zero-order valence-corrected chi connectivity index (χ0v) is 10.9. The molecule has 16 heavy (non-hydrogen) atoms. The molecule has 5 heteroatoms. The van der Waals surface area contributed by atoms with E-state index in [0.29, 0.717) is 28.6 Å². The normalized spacial score (nSPS) is 11.9. The third-order valence-corrected chi connectivity index (χ3v) is 2.48. The van der Waals surface area contributed by atoms with Crippen LogP contribution in [0, 0.1) is 11.7 Å². The Hall–Kier alpha value is -1.10.